The second-order valence-corrected chi connectivity index (χ2v) is 4.91. The van der Waals surface area contributed by atoms with Crippen molar-refractivity contribution in [2.75, 3.05) is 26.2 Å². The fourth-order valence-corrected chi connectivity index (χ4v) is 2.56. The summed E-state index contributed by atoms with van der Waals surface area (Å²) >= 11 is 0. The van der Waals surface area contributed by atoms with Crippen LogP contribution in [0.1, 0.15) is 25.7 Å². The van der Waals surface area contributed by atoms with Gasteiger partial charge in [0, 0.05) is 32.6 Å². The quantitative estimate of drug-likeness (QED) is 0.693. The molecule has 7 nitrogen and oxygen atoms in total. The summed E-state index contributed by atoms with van der Waals surface area (Å²) in [7, 11) is 0. The average molecular weight is 269 g/mol. The largest absolute Gasteiger partial charge is 0.480 e. The third kappa shape index (κ3) is 3.15. The molecule has 2 rings (SSSR count). The van der Waals surface area contributed by atoms with E-state index in [9.17, 15) is 19.5 Å². The summed E-state index contributed by atoms with van der Waals surface area (Å²) in [5, 5.41) is 11.9. The van der Waals surface area contributed by atoms with Crippen LogP contribution in [0.5, 0.6) is 0 Å². The molecular formula is C12H19N3O4. The predicted molar refractivity (Wildman–Crippen MR) is 66.6 cm³/mol. The number of carbonyl (C=O) groups is 3. The standard InChI is InChI=1S/C12H19N3O4/c16-10-4-7-14(8-5-13-10)12(19)15-6-2-1-3-9(15)11(17)18/h9H,1-8H2,(H,13,16)(H,17,18). The molecule has 2 aliphatic rings. The van der Waals surface area contributed by atoms with Crippen LogP contribution < -0.4 is 5.32 Å². The molecule has 2 aliphatic heterocycles. The summed E-state index contributed by atoms with van der Waals surface area (Å²) in [6, 6.07) is -0.989. The molecule has 1 unspecified atom stereocenters. The van der Waals surface area contributed by atoms with E-state index in [0.29, 0.717) is 32.6 Å². The highest BCUT2D eigenvalue weighted by molar-refractivity contribution is 5.84. The topological polar surface area (TPSA) is 90.0 Å². The van der Waals surface area contributed by atoms with Gasteiger partial charge in [0.15, 0.2) is 0 Å². The SMILES string of the molecule is O=C1CCN(C(=O)N2CCCCC2C(=O)O)CCN1. The Labute approximate surface area is 111 Å². The molecule has 2 saturated heterocycles. The Morgan fingerprint density at radius 3 is 2.74 bits per heavy atom. The molecule has 19 heavy (non-hydrogen) atoms. The van der Waals surface area contributed by atoms with Crippen LogP contribution in [0.2, 0.25) is 0 Å². The van der Waals surface area contributed by atoms with Gasteiger partial charge in [0.25, 0.3) is 0 Å². The van der Waals surface area contributed by atoms with E-state index in [1.165, 1.54) is 4.90 Å². The van der Waals surface area contributed by atoms with Gasteiger partial charge >= 0.3 is 12.0 Å². The monoisotopic (exact) mass is 269 g/mol. The number of aliphatic carboxylic acids is 1. The van der Waals surface area contributed by atoms with Gasteiger partial charge in [-0.25, -0.2) is 9.59 Å². The van der Waals surface area contributed by atoms with Gasteiger partial charge in [0.05, 0.1) is 0 Å². The Kier molecular flexibility index (Phi) is 4.24. The molecule has 0 aliphatic carbocycles. The molecule has 7 heteroatoms. The van der Waals surface area contributed by atoms with Crippen molar-refractivity contribution in [2.24, 2.45) is 0 Å². The van der Waals surface area contributed by atoms with Crippen molar-refractivity contribution in [3.05, 3.63) is 0 Å². The van der Waals surface area contributed by atoms with E-state index >= 15 is 0 Å². The number of likely N-dealkylation sites (tertiary alicyclic amines) is 1. The van der Waals surface area contributed by atoms with Crippen LogP contribution in [0.25, 0.3) is 0 Å². The number of urea groups is 1. The summed E-state index contributed by atoms with van der Waals surface area (Å²) in [5.41, 5.74) is 0. The van der Waals surface area contributed by atoms with Gasteiger partial charge in [0.1, 0.15) is 6.04 Å². The van der Waals surface area contributed by atoms with Gasteiger partial charge in [-0.2, -0.15) is 0 Å². The van der Waals surface area contributed by atoms with Crippen molar-refractivity contribution in [3.63, 3.8) is 0 Å². The maximum atomic E-state index is 12.4. The van der Waals surface area contributed by atoms with Crippen LogP contribution in [0, 0.1) is 0 Å². The van der Waals surface area contributed by atoms with E-state index in [1.54, 1.807) is 4.90 Å². The summed E-state index contributed by atoms with van der Waals surface area (Å²) in [6.45, 7) is 1.70. The average Bonchev–Trinajstić information content (AvgIpc) is 2.62. The maximum absolute atomic E-state index is 12.4. The zero-order chi connectivity index (χ0) is 13.8. The molecule has 0 aromatic heterocycles. The number of hydrogen-bond acceptors (Lipinski definition) is 3. The van der Waals surface area contributed by atoms with E-state index < -0.39 is 12.0 Å². The molecule has 0 saturated carbocycles. The van der Waals surface area contributed by atoms with Gasteiger partial charge in [0.2, 0.25) is 5.91 Å². The highest BCUT2D eigenvalue weighted by Gasteiger charge is 2.34. The first-order chi connectivity index (χ1) is 9.09. The molecule has 0 bridgehead atoms. The number of rotatable bonds is 1. The summed E-state index contributed by atoms with van der Waals surface area (Å²) < 4.78 is 0. The van der Waals surface area contributed by atoms with Crippen LogP contribution in [0.15, 0.2) is 0 Å². The second kappa shape index (κ2) is 5.90. The molecule has 2 fully saturated rings. The number of hydrogen-bond donors (Lipinski definition) is 2. The van der Waals surface area contributed by atoms with Crippen molar-refractivity contribution in [1.82, 2.24) is 15.1 Å². The second-order valence-electron chi connectivity index (χ2n) is 4.91. The fourth-order valence-electron chi connectivity index (χ4n) is 2.56. The Morgan fingerprint density at radius 2 is 2.00 bits per heavy atom. The van der Waals surface area contributed by atoms with Crippen molar-refractivity contribution >= 4 is 17.9 Å². The Morgan fingerprint density at radius 1 is 1.21 bits per heavy atom. The number of nitrogens with zero attached hydrogens (tertiary/aromatic N) is 2. The number of nitrogens with one attached hydrogen (secondary N) is 1. The van der Waals surface area contributed by atoms with Gasteiger partial charge in [-0.05, 0) is 19.3 Å². The molecule has 2 N–H and O–H groups in total. The normalized spacial score (nSPS) is 24.6. The minimum atomic E-state index is -0.947. The van der Waals surface area contributed by atoms with Crippen molar-refractivity contribution in [2.45, 2.75) is 31.7 Å². The molecule has 0 spiro atoms. The van der Waals surface area contributed by atoms with E-state index in [-0.39, 0.29) is 18.4 Å². The van der Waals surface area contributed by atoms with Gasteiger partial charge in [-0.1, -0.05) is 0 Å². The first-order valence-electron chi connectivity index (χ1n) is 6.64. The zero-order valence-corrected chi connectivity index (χ0v) is 10.8. The Hall–Kier alpha value is -1.79. The lowest BCUT2D eigenvalue weighted by molar-refractivity contribution is -0.143. The van der Waals surface area contributed by atoms with Crippen molar-refractivity contribution < 1.29 is 19.5 Å². The minimum Gasteiger partial charge on any atom is -0.480 e. The maximum Gasteiger partial charge on any atom is 0.326 e. The third-order valence-electron chi connectivity index (χ3n) is 3.62. The smallest absolute Gasteiger partial charge is 0.326 e. The van der Waals surface area contributed by atoms with Crippen molar-refractivity contribution in [1.29, 1.82) is 0 Å². The Bertz CT molecular complexity index is 385. The zero-order valence-electron chi connectivity index (χ0n) is 10.8. The fraction of sp³-hybridized carbons (Fsp3) is 0.750. The van der Waals surface area contributed by atoms with Gasteiger partial charge in [-0.3, -0.25) is 4.79 Å². The van der Waals surface area contributed by atoms with Crippen LogP contribution in [0.3, 0.4) is 0 Å². The number of amides is 3. The molecule has 1 atom stereocenters. The minimum absolute atomic E-state index is 0.0660. The highest BCUT2D eigenvalue weighted by atomic mass is 16.4. The van der Waals surface area contributed by atoms with Crippen LogP contribution >= 0.6 is 0 Å². The van der Waals surface area contributed by atoms with Gasteiger partial charge in [-0.15, -0.1) is 0 Å². The first kappa shape index (κ1) is 13.6. The number of carboxylic acid groups (broad SMARTS) is 1. The lowest BCUT2D eigenvalue weighted by atomic mass is 10.0. The van der Waals surface area contributed by atoms with Crippen molar-refractivity contribution in [3.8, 4) is 0 Å². The van der Waals surface area contributed by atoms with Gasteiger partial charge < -0.3 is 20.2 Å². The summed E-state index contributed by atoms with van der Waals surface area (Å²) in [6.07, 6.45) is 2.45. The molecule has 0 aromatic rings. The molecule has 106 valence electrons. The Balaban J connectivity index is 2.04. The third-order valence-corrected chi connectivity index (χ3v) is 3.62. The summed E-state index contributed by atoms with van der Waals surface area (Å²) in [5.74, 6) is -1.01. The highest BCUT2D eigenvalue weighted by Crippen LogP contribution is 2.19. The van der Waals surface area contributed by atoms with E-state index in [2.05, 4.69) is 5.32 Å². The molecular weight excluding hydrogens is 250 g/mol. The van der Waals surface area contributed by atoms with E-state index in [0.717, 1.165) is 12.8 Å². The number of piperidine rings is 1. The number of carboxylic acids is 1. The molecule has 0 aromatic carbocycles. The van der Waals surface area contributed by atoms with E-state index in [1.807, 2.05) is 0 Å². The molecule has 0 radical (unpaired) electrons. The molecule has 2 heterocycles. The van der Waals surface area contributed by atoms with Crippen LogP contribution in [0.4, 0.5) is 4.79 Å². The van der Waals surface area contributed by atoms with Crippen LogP contribution in [-0.4, -0.2) is 65.0 Å². The van der Waals surface area contributed by atoms with E-state index in [4.69, 9.17) is 0 Å². The summed E-state index contributed by atoms with van der Waals surface area (Å²) in [4.78, 5) is 37.8. The first-order valence-corrected chi connectivity index (χ1v) is 6.64. The number of carbonyl (C=O) groups excluding carboxylic acids is 2. The lowest BCUT2D eigenvalue weighted by Gasteiger charge is -2.36. The predicted octanol–water partition coefficient (Wildman–Crippen LogP) is -0.133. The lowest BCUT2D eigenvalue weighted by Crippen LogP contribution is -2.53. The molecule has 3 amide bonds. The van der Waals surface area contributed by atoms with Crippen LogP contribution in [-0.2, 0) is 9.59 Å².